The van der Waals surface area contributed by atoms with Crippen LogP contribution in [-0.4, -0.2) is 15.7 Å². The fourth-order valence-corrected chi connectivity index (χ4v) is 3.21. The Morgan fingerprint density at radius 3 is 2.19 bits per heavy atom. The molecule has 0 radical (unpaired) electrons. The van der Waals surface area contributed by atoms with Crippen LogP contribution in [0, 0.1) is 12.3 Å². The van der Waals surface area contributed by atoms with Gasteiger partial charge in [-0.2, -0.15) is 0 Å². The Bertz CT molecular complexity index is 403. The molecule has 0 amide bonds. The summed E-state index contributed by atoms with van der Waals surface area (Å²) in [6, 6.07) is 7.82. The Morgan fingerprint density at radius 2 is 1.75 bits per heavy atom. The van der Waals surface area contributed by atoms with Gasteiger partial charge in [0.1, 0.15) is 6.10 Å². The lowest BCUT2D eigenvalue weighted by Gasteiger charge is -2.13. The van der Waals surface area contributed by atoms with Crippen molar-refractivity contribution in [3.05, 3.63) is 29.8 Å². The molecule has 16 heavy (non-hydrogen) atoms. The first-order chi connectivity index (χ1) is 7.39. The lowest BCUT2D eigenvalue weighted by molar-refractivity contribution is 0.264. The van der Waals surface area contributed by atoms with E-state index in [4.69, 9.17) is 4.74 Å². The normalized spacial score (nSPS) is 26.5. The minimum absolute atomic E-state index is 0.0744. The second-order valence-corrected chi connectivity index (χ2v) is 6.93. The predicted molar refractivity (Wildman–Crippen MR) is 65.7 cm³/mol. The predicted octanol–water partition coefficient (Wildman–Crippen LogP) is 2.87. The Balaban J connectivity index is 2.08. The fourth-order valence-electron chi connectivity index (χ4n) is 1.68. The van der Waals surface area contributed by atoms with Crippen LogP contribution in [0.15, 0.2) is 29.2 Å². The van der Waals surface area contributed by atoms with Crippen molar-refractivity contribution in [2.45, 2.75) is 44.1 Å². The molecule has 1 aromatic carbocycles. The molecule has 88 valence electrons. The molecule has 1 fully saturated rings. The molecule has 2 rings (SSSR count). The highest BCUT2D eigenvalue weighted by molar-refractivity contribution is 7.85. The Labute approximate surface area is 99.5 Å². The molecule has 1 heterocycles. The summed E-state index contributed by atoms with van der Waals surface area (Å²) in [5.41, 5.74) is 1.14. The summed E-state index contributed by atoms with van der Waals surface area (Å²) in [7, 11) is -1.03. The number of rotatable bonds is 2. The molecule has 3 heteroatoms. The van der Waals surface area contributed by atoms with E-state index in [1.165, 1.54) is 5.56 Å². The van der Waals surface area contributed by atoms with Crippen molar-refractivity contribution in [3.63, 3.8) is 0 Å². The number of epoxide rings is 1. The summed E-state index contributed by atoms with van der Waals surface area (Å²) in [5.74, 6) is 0. The van der Waals surface area contributed by atoms with Gasteiger partial charge in [-0.15, -0.1) is 0 Å². The molecule has 2 nitrogen and oxygen atoms in total. The van der Waals surface area contributed by atoms with Crippen molar-refractivity contribution in [1.29, 1.82) is 0 Å². The van der Waals surface area contributed by atoms with Gasteiger partial charge in [-0.05, 0) is 24.5 Å². The van der Waals surface area contributed by atoms with E-state index in [0.717, 1.165) is 4.90 Å². The van der Waals surface area contributed by atoms with Gasteiger partial charge in [0.2, 0.25) is 0 Å². The maximum absolute atomic E-state index is 12.2. The lowest BCUT2D eigenvalue weighted by Crippen LogP contribution is -2.18. The van der Waals surface area contributed by atoms with Gasteiger partial charge in [0.05, 0.1) is 10.8 Å². The monoisotopic (exact) mass is 238 g/mol. The number of ether oxygens (including phenoxy) is 1. The van der Waals surface area contributed by atoms with E-state index >= 15 is 0 Å². The van der Waals surface area contributed by atoms with Crippen LogP contribution in [0.1, 0.15) is 26.3 Å². The topological polar surface area (TPSA) is 29.6 Å². The van der Waals surface area contributed by atoms with E-state index in [2.05, 4.69) is 20.8 Å². The third kappa shape index (κ3) is 2.36. The molecule has 0 aromatic heterocycles. The average molecular weight is 238 g/mol. The maximum atomic E-state index is 12.2. The largest absolute Gasteiger partial charge is 0.354 e. The lowest BCUT2D eigenvalue weighted by atomic mass is 9.93. The van der Waals surface area contributed by atoms with Crippen LogP contribution in [0.5, 0.6) is 0 Å². The van der Waals surface area contributed by atoms with Gasteiger partial charge in [0.15, 0.2) is 5.44 Å². The van der Waals surface area contributed by atoms with Crippen molar-refractivity contribution in [2.75, 3.05) is 0 Å². The minimum Gasteiger partial charge on any atom is -0.354 e. The Kier molecular flexibility index (Phi) is 2.93. The molecule has 0 saturated carbocycles. The van der Waals surface area contributed by atoms with Crippen LogP contribution in [0.2, 0.25) is 0 Å². The highest BCUT2D eigenvalue weighted by atomic mass is 32.2. The molecule has 1 aliphatic heterocycles. The molecule has 0 bridgehead atoms. The second-order valence-electron chi connectivity index (χ2n) is 5.40. The zero-order valence-corrected chi connectivity index (χ0v) is 11.0. The maximum Gasteiger partial charge on any atom is 0.164 e. The van der Waals surface area contributed by atoms with Gasteiger partial charge in [-0.3, -0.25) is 4.21 Å². The van der Waals surface area contributed by atoms with Crippen molar-refractivity contribution in [1.82, 2.24) is 0 Å². The fraction of sp³-hybridized carbons (Fsp3) is 0.538. The average Bonchev–Trinajstić information content (AvgIpc) is 2.96. The van der Waals surface area contributed by atoms with Crippen LogP contribution in [0.3, 0.4) is 0 Å². The summed E-state index contributed by atoms with van der Waals surface area (Å²) in [4.78, 5) is 0.863. The molecule has 1 saturated heterocycles. The van der Waals surface area contributed by atoms with E-state index in [-0.39, 0.29) is 17.0 Å². The number of benzene rings is 1. The van der Waals surface area contributed by atoms with Gasteiger partial charge in [-0.25, -0.2) is 0 Å². The van der Waals surface area contributed by atoms with Crippen LogP contribution in [-0.2, 0) is 15.5 Å². The highest BCUT2D eigenvalue weighted by Crippen LogP contribution is 2.41. The highest BCUT2D eigenvalue weighted by Gasteiger charge is 2.51. The summed E-state index contributed by atoms with van der Waals surface area (Å²) in [5, 5.41) is 0. The quantitative estimate of drug-likeness (QED) is 0.741. The van der Waals surface area contributed by atoms with Crippen molar-refractivity contribution in [2.24, 2.45) is 5.41 Å². The number of hydrogen-bond acceptors (Lipinski definition) is 2. The van der Waals surface area contributed by atoms with Crippen molar-refractivity contribution >= 4 is 10.8 Å². The smallest absolute Gasteiger partial charge is 0.164 e. The first kappa shape index (κ1) is 11.8. The molecular weight excluding hydrogens is 220 g/mol. The third-order valence-corrected chi connectivity index (χ3v) is 4.29. The summed E-state index contributed by atoms with van der Waals surface area (Å²) >= 11 is 0. The van der Waals surface area contributed by atoms with Crippen LogP contribution in [0.4, 0.5) is 0 Å². The van der Waals surface area contributed by atoms with Gasteiger partial charge in [0.25, 0.3) is 0 Å². The molecule has 1 aromatic rings. The van der Waals surface area contributed by atoms with Crippen LogP contribution in [0.25, 0.3) is 0 Å². The standard InChI is InChI=1S/C13H18O2S/c1-9-5-7-10(8-6-9)16(14)12-11(15-12)13(2,3)4/h5-8,11-12H,1-4H3/t11-,12-,16-/m0/s1. The first-order valence-electron chi connectivity index (χ1n) is 5.52. The van der Waals surface area contributed by atoms with Crippen molar-refractivity contribution in [3.8, 4) is 0 Å². The van der Waals surface area contributed by atoms with Crippen molar-refractivity contribution < 1.29 is 8.95 Å². The summed E-state index contributed by atoms with van der Waals surface area (Å²) < 4.78 is 17.7. The molecule has 3 atom stereocenters. The first-order valence-corrected chi connectivity index (χ1v) is 6.73. The minimum atomic E-state index is -1.03. The molecule has 0 aliphatic carbocycles. The van der Waals surface area contributed by atoms with E-state index in [9.17, 15) is 4.21 Å². The van der Waals surface area contributed by atoms with Gasteiger partial charge < -0.3 is 4.74 Å². The molecular formula is C13H18O2S. The van der Waals surface area contributed by atoms with E-state index in [1.807, 2.05) is 31.2 Å². The Hall–Kier alpha value is -0.670. The third-order valence-electron chi connectivity index (χ3n) is 2.77. The zero-order chi connectivity index (χ0) is 11.9. The van der Waals surface area contributed by atoms with E-state index in [1.54, 1.807) is 0 Å². The van der Waals surface area contributed by atoms with Gasteiger partial charge >= 0.3 is 0 Å². The Morgan fingerprint density at radius 1 is 1.19 bits per heavy atom. The number of hydrogen-bond donors (Lipinski definition) is 0. The van der Waals surface area contributed by atoms with Crippen LogP contribution >= 0.6 is 0 Å². The van der Waals surface area contributed by atoms with Gasteiger partial charge in [0, 0.05) is 4.90 Å². The number of aryl methyl sites for hydroxylation is 1. The summed E-state index contributed by atoms with van der Waals surface area (Å²) in [6.45, 7) is 8.37. The van der Waals surface area contributed by atoms with E-state index in [0.29, 0.717) is 0 Å². The second kappa shape index (κ2) is 3.97. The van der Waals surface area contributed by atoms with E-state index < -0.39 is 10.8 Å². The molecule has 0 spiro atoms. The molecule has 0 N–H and O–H groups in total. The van der Waals surface area contributed by atoms with Gasteiger partial charge in [-0.1, -0.05) is 38.5 Å². The zero-order valence-electron chi connectivity index (χ0n) is 10.2. The molecule has 0 unspecified atom stereocenters. The SMILES string of the molecule is Cc1ccc([S@](=O)[C@@H]2O[C@@H]2C(C)(C)C)cc1. The summed E-state index contributed by atoms with van der Waals surface area (Å²) in [6.07, 6.45) is 0.120. The molecule has 1 aliphatic rings. The van der Waals surface area contributed by atoms with Crippen LogP contribution < -0.4 is 0 Å².